The largest absolute Gasteiger partial charge is 0.481 e. The molecule has 1 fully saturated rings. The molecule has 2 rings (SSSR count). The predicted molar refractivity (Wildman–Crippen MR) is 69.3 cm³/mol. The van der Waals surface area contributed by atoms with E-state index >= 15 is 0 Å². The van der Waals surface area contributed by atoms with Crippen LogP contribution in [0.4, 0.5) is 0 Å². The van der Waals surface area contributed by atoms with Crippen LogP contribution in [0.2, 0.25) is 0 Å². The van der Waals surface area contributed by atoms with Crippen LogP contribution in [-0.4, -0.2) is 22.5 Å². The molecule has 102 valence electrons. The van der Waals surface area contributed by atoms with E-state index in [0.717, 1.165) is 25.7 Å². The molecule has 0 aliphatic heterocycles. The number of rotatable bonds is 5. The van der Waals surface area contributed by atoms with Crippen molar-refractivity contribution in [3.8, 4) is 0 Å². The van der Waals surface area contributed by atoms with Gasteiger partial charge in [0, 0.05) is 6.08 Å². The number of carbonyl (C=O) groups is 2. The third kappa shape index (κ3) is 3.71. The molecule has 1 aromatic rings. The van der Waals surface area contributed by atoms with Crippen molar-refractivity contribution < 1.29 is 19.1 Å². The molecule has 1 heterocycles. The molecule has 0 spiro atoms. The number of carboxylic acid groups (broad SMARTS) is 1. The van der Waals surface area contributed by atoms with Crippen molar-refractivity contribution in [1.82, 2.24) is 5.32 Å². The zero-order valence-corrected chi connectivity index (χ0v) is 10.6. The number of amides is 1. The van der Waals surface area contributed by atoms with Gasteiger partial charge in [-0.1, -0.05) is 12.8 Å². The summed E-state index contributed by atoms with van der Waals surface area (Å²) in [7, 11) is 0. The van der Waals surface area contributed by atoms with E-state index in [4.69, 9.17) is 9.52 Å². The van der Waals surface area contributed by atoms with E-state index in [2.05, 4.69) is 5.32 Å². The predicted octanol–water partition coefficient (Wildman–Crippen LogP) is 2.20. The third-order valence-electron chi connectivity index (χ3n) is 3.38. The Balaban J connectivity index is 1.97. The second-order valence-electron chi connectivity index (χ2n) is 4.90. The van der Waals surface area contributed by atoms with Crippen LogP contribution >= 0.6 is 0 Å². The number of carbonyl (C=O) groups excluding carboxylic acids is 1. The first-order chi connectivity index (χ1) is 9.10. The monoisotopic (exact) mass is 263 g/mol. The molecule has 0 radical (unpaired) electrons. The van der Waals surface area contributed by atoms with E-state index in [0.29, 0.717) is 5.76 Å². The highest BCUT2D eigenvalue weighted by atomic mass is 16.4. The molecule has 1 aromatic heterocycles. The van der Waals surface area contributed by atoms with Gasteiger partial charge in [0.25, 0.3) is 0 Å². The molecule has 1 aliphatic rings. The summed E-state index contributed by atoms with van der Waals surface area (Å²) in [4.78, 5) is 22.8. The Morgan fingerprint density at radius 1 is 1.42 bits per heavy atom. The minimum Gasteiger partial charge on any atom is -0.481 e. The lowest BCUT2D eigenvalue weighted by atomic mass is 9.93. The van der Waals surface area contributed by atoms with Gasteiger partial charge in [0.15, 0.2) is 0 Å². The van der Waals surface area contributed by atoms with Crippen molar-refractivity contribution in [2.24, 2.45) is 0 Å². The average molecular weight is 263 g/mol. The first-order valence-electron chi connectivity index (χ1n) is 6.35. The zero-order chi connectivity index (χ0) is 13.7. The number of nitrogens with one attached hydrogen (secondary N) is 1. The Morgan fingerprint density at radius 3 is 2.74 bits per heavy atom. The molecule has 0 bridgehead atoms. The molecule has 5 nitrogen and oxygen atoms in total. The van der Waals surface area contributed by atoms with Gasteiger partial charge in [0.05, 0.1) is 18.2 Å². The third-order valence-corrected chi connectivity index (χ3v) is 3.38. The summed E-state index contributed by atoms with van der Waals surface area (Å²) in [6.45, 7) is 0. The van der Waals surface area contributed by atoms with E-state index in [1.165, 1.54) is 12.3 Å². The highest BCUT2D eigenvalue weighted by Gasteiger charge is 2.36. The van der Waals surface area contributed by atoms with Crippen LogP contribution < -0.4 is 5.32 Å². The summed E-state index contributed by atoms with van der Waals surface area (Å²) in [5.41, 5.74) is -0.587. The highest BCUT2D eigenvalue weighted by Crippen LogP contribution is 2.32. The van der Waals surface area contributed by atoms with Crippen LogP contribution in [0.3, 0.4) is 0 Å². The molecule has 19 heavy (non-hydrogen) atoms. The van der Waals surface area contributed by atoms with Gasteiger partial charge >= 0.3 is 5.97 Å². The van der Waals surface area contributed by atoms with E-state index < -0.39 is 11.5 Å². The Morgan fingerprint density at radius 2 is 2.16 bits per heavy atom. The van der Waals surface area contributed by atoms with Gasteiger partial charge in [-0.25, -0.2) is 0 Å². The zero-order valence-electron chi connectivity index (χ0n) is 10.6. The fourth-order valence-corrected chi connectivity index (χ4v) is 2.53. The molecule has 0 aromatic carbocycles. The van der Waals surface area contributed by atoms with Gasteiger partial charge in [0.1, 0.15) is 5.76 Å². The number of furan rings is 1. The molecule has 0 unspecified atom stereocenters. The maximum Gasteiger partial charge on any atom is 0.305 e. The number of hydrogen-bond donors (Lipinski definition) is 2. The normalized spacial score (nSPS) is 17.7. The molecular weight excluding hydrogens is 246 g/mol. The van der Waals surface area contributed by atoms with Crippen molar-refractivity contribution in [2.45, 2.75) is 37.6 Å². The maximum absolute atomic E-state index is 11.8. The summed E-state index contributed by atoms with van der Waals surface area (Å²) < 4.78 is 5.08. The quantitative estimate of drug-likeness (QED) is 0.798. The Labute approximate surface area is 111 Å². The topological polar surface area (TPSA) is 79.5 Å². The second kappa shape index (κ2) is 5.73. The van der Waals surface area contributed by atoms with Gasteiger partial charge < -0.3 is 14.8 Å². The summed E-state index contributed by atoms with van der Waals surface area (Å²) in [6.07, 6.45) is 7.80. The maximum atomic E-state index is 11.8. The average Bonchev–Trinajstić information content (AvgIpc) is 2.97. The van der Waals surface area contributed by atoms with Crippen molar-refractivity contribution in [3.05, 3.63) is 30.2 Å². The van der Waals surface area contributed by atoms with E-state index in [1.807, 2.05) is 0 Å². The molecule has 1 amide bonds. The first kappa shape index (κ1) is 13.4. The fourth-order valence-electron chi connectivity index (χ4n) is 2.53. The molecule has 1 saturated carbocycles. The summed E-state index contributed by atoms with van der Waals surface area (Å²) in [5, 5.41) is 11.8. The molecule has 1 aliphatic carbocycles. The molecule has 0 saturated heterocycles. The Hall–Kier alpha value is -2.04. The first-order valence-corrected chi connectivity index (χ1v) is 6.35. The summed E-state index contributed by atoms with van der Waals surface area (Å²) >= 11 is 0. The van der Waals surface area contributed by atoms with Crippen LogP contribution in [0.1, 0.15) is 37.9 Å². The van der Waals surface area contributed by atoms with Crippen molar-refractivity contribution >= 4 is 18.0 Å². The molecule has 5 heteroatoms. The van der Waals surface area contributed by atoms with Crippen molar-refractivity contribution in [2.75, 3.05) is 0 Å². The van der Waals surface area contributed by atoms with Crippen molar-refractivity contribution in [3.63, 3.8) is 0 Å². The second-order valence-corrected chi connectivity index (χ2v) is 4.90. The summed E-state index contributed by atoms with van der Waals surface area (Å²) in [5.74, 6) is -0.564. The lowest BCUT2D eigenvalue weighted by molar-refractivity contribution is -0.139. The minimum atomic E-state index is -0.878. The van der Waals surface area contributed by atoms with Crippen molar-refractivity contribution in [1.29, 1.82) is 0 Å². The van der Waals surface area contributed by atoms with Crippen LogP contribution in [0.15, 0.2) is 28.9 Å². The minimum absolute atomic E-state index is 0.0205. The van der Waals surface area contributed by atoms with E-state index in [9.17, 15) is 9.59 Å². The number of hydrogen-bond acceptors (Lipinski definition) is 3. The van der Waals surface area contributed by atoms with Gasteiger partial charge in [-0.3, -0.25) is 9.59 Å². The molecule has 2 N–H and O–H groups in total. The lowest BCUT2D eigenvalue weighted by Crippen LogP contribution is -2.47. The number of aliphatic carboxylic acids is 1. The van der Waals surface area contributed by atoms with Gasteiger partial charge in [-0.15, -0.1) is 0 Å². The SMILES string of the molecule is O=C(O)CC1(NC(=O)C=Cc2ccco2)CCCC1. The van der Waals surface area contributed by atoms with Crippen LogP contribution in [0, 0.1) is 0 Å². The fraction of sp³-hybridized carbons (Fsp3) is 0.429. The number of carboxylic acids is 1. The summed E-state index contributed by atoms with van der Waals surface area (Å²) in [6, 6.07) is 3.48. The van der Waals surface area contributed by atoms with Gasteiger partial charge in [-0.2, -0.15) is 0 Å². The van der Waals surface area contributed by atoms with Gasteiger partial charge in [-0.05, 0) is 31.1 Å². The highest BCUT2D eigenvalue weighted by molar-refractivity contribution is 5.92. The van der Waals surface area contributed by atoms with E-state index in [-0.39, 0.29) is 12.3 Å². The molecular formula is C14H17NO4. The lowest BCUT2D eigenvalue weighted by Gasteiger charge is -2.27. The Kier molecular flexibility index (Phi) is 4.04. The van der Waals surface area contributed by atoms with Crippen LogP contribution in [0.25, 0.3) is 6.08 Å². The standard InChI is InChI=1S/C14H17NO4/c16-12(6-5-11-4-3-9-19-11)15-14(10-13(17)18)7-1-2-8-14/h3-6,9H,1-2,7-8,10H2,(H,15,16)(H,17,18). The Bertz CT molecular complexity index is 470. The van der Waals surface area contributed by atoms with Crippen LogP contribution in [-0.2, 0) is 9.59 Å². The molecule has 0 atom stereocenters. The van der Waals surface area contributed by atoms with Gasteiger partial charge in [0.2, 0.25) is 5.91 Å². The van der Waals surface area contributed by atoms with Crippen LogP contribution in [0.5, 0.6) is 0 Å². The van der Waals surface area contributed by atoms with E-state index in [1.54, 1.807) is 18.2 Å². The smallest absolute Gasteiger partial charge is 0.305 e.